The maximum Gasteiger partial charge on any atom is 0.296 e. The van der Waals surface area contributed by atoms with E-state index in [1.807, 2.05) is 53.1 Å². The zero-order valence-corrected chi connectivity index (χ0v) is 17.4. The van der Waals surface area contributed by atoms with Crippen LogP contribution in [0.25, 0.3) is 16.9 Å². The molecule has 5 heteroatoms. The summed E-state index contributed by atoms with van der Waals surface area (Å²) in [5.74, 6) is 4.06. The lowest BCUT2D eigenvalue weighted by Crippen LogP contribution is -2.59. The van der Waals surface area contributed by atoms with E-state index in [1.165, 1.54) is 19.3 Å². The number of ether oxygens (including phenoxy) is 1. The third-order valence-corrected chi connectivity index (χ3v) is 7.61. The van der Waals surface area contributed by atoms with Crippen molar-refractivity contribution >= 4 is 11.4 Å². The molecule has 0 unspecified atom stereocenters. The number of imidazole rings is 1. The highest BCUT2D eigenvalue weighted by molar-refractivity contribution is 5.99. The van der Waals surface area contributed by atoms with Gasteiger partial charge in [0.05, 0.1) is 13.3 Å². The summed E-state index contributed by atoms with van der Waals surface area (Å²) in [6.45, 7) is 0. The van der Waals surface area contributed by atoms with Gasteiger partial charge in [-0.15, -0.1) is 0 Å². The zero-order chi connectivity index (χ0) is 20.3. The highest BCUT2D eigenvalue weighted by Gasteiger charge is 2.52. The van der Waals surface area contributed by atoms with E-state index in [2.05, 4.69) is 10.3 Å². The molecule has 5 nitrogen and oxygen atoms in total. The molecule has 30 heavy (non-hydrogen) atoms. The van der Waals surface area contributed by atoms with Crippen molar-refractivity contribution in [3.8, 4) is 17.1 Å². The number of methoxy groups -OCH3 is 1. The molecule has 4 aliphatic carbocycles. The van der Waals surface area contributed by atoms with Crippen LogP contribution in [0.3, 0.4) is 0 Å². The molecule has 3 aromatic rings. The van der Waals surface area contributed by atoms with Crippen LogP contribution in [-0.2, 0) is 0 Å². The number of rotatable bonds is 4. The van der Waals surface area contributed by atoms with Gasteiger partial charge in [0.15, 0.2) is 5.52 Å². The number of nitrogens with one attached hydrogen (secondary N) is 2. The lowest BCUT2D eigenvalue weighted by molar-refractivity contribution is -0.498. The van der Waals surface area contributed by atoms with Crippen LogP contribution in [-0.4, -0.2) is 23.5 Å². The second-order valence-electron chi connectivity index (χ2n) is 9.66. The molecule has 0 radical (unpaired) electrons. The molecule has 0 atom stereocenters. The maximum atomic E-state index is 13.6. The van der Waals surface area contributed by atoms with E-state index in [-0.39, 0.29) is 11.4 Å². The average molecular weight is 403 g/mol. The van der Waals surface area contributed by atoms with E-state index in [4.69, 9.17) is 4.74 Å². The van der Waals surface area contributed by atoms with Gasteiger partial charge in [0.2, 0.25) is 5.69 Å². The Labute approximate surface area is 176 Å². The summed E-state index contributed by atoms with van der Waals surface area (Å²) in [6, 6.07) is 13.9. The van der Waals surface area contributed by atoms with Gasteiger partial charge < -0.3 is 10.1 Å². The topological polar surface area (TPSA) is 58.2 Å². The van der Waals surface area contributed by atoms with Gasteiger partial charge in [-0.1, -0.05) is 18.2 Å². The Kier molecular flexibility index (Phi) is 3.95. The van der Waals surface area contributed by atoms with Crippen LogP contribution in [0.15, 0.2) is 48.7 Å². The molecule has 4 aliphatic rings. The third kappa shape index (κ3) is 2.75. The minimum Gasteiger partial charge on any atom is -0.496 e. The monoisotopic (exact) mass is 402 g/mol. The Morgan fingerprint density at radius 1 is 1.03 bits per heavy atom. The number of nitrogens with zero attached hydrogens (tertiary/aromatic N) is 1. The Bertz CT molecular complexity index is 1100. The van der Waals surface area contributed by atoms with E-state index in [9.17, 15) is 4.79 Å². The van der Waals surface area contributed by atoms with Gasteiger partial charge in [0.1, 0.15) is 11.3 Å². The molecule has 4 saturated carbocycles. The summed E-state index contributed by atoms with van der Waals surface area (Å²) in [5.41, 5.74) is 2.45. The smallest absolute Gasteiger partial charge is 0.296 e. The lowest BCUT2D eigenvalue weighted by Gasteiger charge is -2.56. The first-order valence-corrected chi connectivity index (χ1v) is 11.1. The second kappa shape index (κ2) is 6.59. The van der Waals surface area contributed by atoms with Crippen LogP contribution in [0.4, 0.5) is 0 Å². The summed E-state index contributed by atoms with van der Waals surface area (Å²) in [7, 11) is 1.68. The number of hydrogen-bond donors (Lipinski definition) is 2. The minimum atomic E-state index is -0.00663. The third-order valence-electron chi connectivity index (χ3n) is 7.61. The molecule has 2 N–H and O–H groups in total. The van der Waals surface area contributed by atoms with E-state index in [1.54, 1.807) is 7.11 Å². The summed E-state index contributed by atoms with van der Waals surface area (Å²) < 4.78 is 7.62. The number of amides is 1. The fourth-order valence-corrected chi connectivity index (χ4v) is 6.86. The number of benzene rings is 1. The summed E-state index contributed by atoms with van der Waals surface area (Å²) in [6.07, 6.45) is 9.55. The first-order valence-electron chi connectivity index (χ1n) is 11.1. The first-order chi connectivity index (χ1) is 14.6. The van der Waals surface area contributed by atoms with Gasteiger partial charge in [-0.3, -0.25) is 4.79 Å². The van der Waals surface area contributed by atoms with Crippen LogP contribution in [0.1, 0.15) is 49.0 Å². The molecule has 0 spiro atoms. The largest absolute Gasteiger partial charge is 0.496 e. The predicted octanol–water partition coefficient (Wildman–Crippen LogP) is 4.13. The average Bonchev–Trinajstić information content (AvgIpc) is 3.12. The second-order valence-corrected chi connectivity index (χ2v) is 9.66. The standard InChI is InChI=1S/C25H27N3O2/c1-30-21-8-3-2-6-19(21)23-26-22(20-7-4-5-9-28(20)23)24(29)27-25-13-16-10-17(14-25)12-18(11-16)15-25/h2-9,16-18H,10-15H2,1H3,(H,27,29)/p+1. The zero-order valence-electron chi connectivity index (χ0n) is 17.4. The Morgan fingerprint density at radius 2 is 1.70 bits per heavy atom. The molecule has 0 aliphatic heterocycles. The van der Waals surface area contributed by atoms with Crippen molar-refractivity contribution in [1.82, 2.24) is 10.3 Å². The Hall–Kier alpha value is -2.82. The van der Waals surface area contributed by atoms with Crippen molar-refractivity contribution in [2.45, 2.75) is 44.1 Å². The number of carbonyl (C=O) groups is 1. The van der Waals surface area contributed by atoms with Gasteiger partial charge in [-0.2, -0.15) is 4.40 Å². The van der Waals surface area contributed by atoms with Crippen LogP contribution in [0.5, 0.6) is 5.75 Å². The molecule has 4 bridgehead atoms. The summed E-state index contributed by atoms with van der Waals surface area (Å²) >= 11 is 0. The van der Waals surface area contributed by atoms with Crippen molar-refractivity contribution in [1.29, 1.82) is 0 Å². The highest BCUT2D eigenvalue weighted by atomic mass is 16.5. The Morgan fingerprint density at radius 3 is 2.40 bits per heavy atom. The quantitative estimate of drug-likeness (QED) is 0.645. The minimum absolute atomic E-state index is 0.00663. The van der Waals surface area contributed by atoms with Gasteiger partial charge in [0.25, 0.3) is 11.7 Å². The normalized spacial score (nSPS) is 29.3. The van der Waals surface area contributed by atoms with Gasteiger partial charge in [0, 0.05) is 5.54 Å². The van der Waals surface area contributed by atoms with Crippen molar-refractivity contribution in [3.05, 3.63) is 54.4 Å². The van der Waals surface area contributed by atoms with Crippen molar-refractivity contribution in [3.63, 3.8) is 0 Å². The van der Waals surface area contributed by atoms with E-state index in [0.29, 0.717) is 5.69 Å². The molecular weight excluding hydrogens is 374 g/mol. The molecule has 1 amide bonds. The van der Waals surface area contributed by atoms with Gasteiger partial charge >= 0.3 is 0 Å². The van der Waals surface area contributed by atoms with E-state index >= 15 is 0 Å². The first kappa shape index (κ1) is 18.0. The van der Waals surface area contributed by atoms with Gasteiger partial charge in [-0.05, 0) is 80.5 Å². The summed E-state index contributed by atoms with van der Waals surface area (Å²) in [5, 5.41) is 3.51. The fourth-order valence-electron chi connectivity index (χ4n) is 6.86. The molecule has 7 rings (SSSR count). The van der Waals surface area contributed by atoms with Crippen molar-refractivity contribution in [2.75, 3.05) is 7.11 Å². The molecule has 4 fully saturated rings. The Balaban J connectivity index is 1.39. The number of fused-ring (bicyclic) bond motifs is 1. The van der Waals surface area contributed by atoms with Crippen molar-refractivity contribution < 1.29 is 13.9 Å². The molecule has 0 saturated heterocycles. The molecule has 154 valence electrons. The molecule has 1 aromatic carbocycles. The van der Waals surface area contributed by atoms with E-state index in [0.717, 1.165) is 59.7 Å². The van der Waals surface area contributed by atoms with Gasteiger partial charge in [-0.25, -0.2) is 4.98 Å². The van der Waals surface area contributed by atoms with Crippen LogP contribution in [0.2, 0.25) is 0 Å². The molecule has 2 heterocycles. The number of para-hydroxylation sites is 1. The number of aromatic amines is 1. The molecule has 2 aromatic heterocycles. The predicted molar refractivity (Wildman–Crippen MR) is 114 cm³/mol. The SMILES string of the molecule is COc1ccccc1-c1[nH]c(C(=O)NC23CC4CC(CC(C4)C2)C3)c2cccc[n+]12. The number of aromatic nitrogens is 2. The lowest BCUT2D eigenvalue weighted by atomic mass is 9.53. The maximum absolute atomic E-state index is 13.6. The number of hydrogen-bond acceptors (Lipinski definition) is 2. The summed E-state index contributed by atoms with van der Waals surface area (Å²) in [4.78, 5) is 17.0. The fraction of sp³-hybridized carbons (Fsp3) is 0.440. The number of pyridine rings is 1. The molecular formula is C25H28N3O2+. The highest BCUT2D eigenvalue weighted by Crippen LogP contribution is 2.55. The van der Waals surface area contributed by atoms with Crippen molar-refractivity contribution in [2.24, 2.45) is 17.8 Å². The number of carbonyl (C=O) groups excluding carboxylic acids is 1. The number of H-pyrrole nitrogens is 1. The van der Waals surface area contributed by atoms with Crippen LogP contribution < -0.4 is 14.5 Å². The van der Waals surface area contributed by atoms with Crippen LogP contribution in [0, 0.1) is 17.8 Å². The van der Waals surface area contributed by atoms with E-state index < -0.39 is 0 Å². The van der Waals surface area contributed by atoms with Crippen LogP contribution >= 0.6 is 0 Å².